The largest absolute Gasteiger partial charge is 0.477 e. The molecule has 8 heteroatoms. The van der Waals surface area contributed by atoms with Crippen LogP contribution in [0, 0.1) is 0 Å². The molecule has 0 amide bonds. The summed E-state index contributed by atoms with van der Waals surface area (Å²) < 4.78 is 23.0. The summed E-state index contributed by atoms with van der Waals surface area (Å²) in [5.41, 5.74) is 0.850. The van der Waals surface area contributed by atoms with E-state index in [2.05, 4.69) is 9.97 Å². The minimum atomic E-state index is -4.00. The van der Waals surface area contributed by atoms with Gasteiger partial charge in [0.2, 0.25) is 0 Å². The second-order valence-electron chi connectivity index (χ2n) is 4.59. The van der Waals surface area contributed by atoms with Crippen LogP contribution in [0.25, 0.3) is 11.4 Å². The topological polar surface area (TPSA) is 85.4 Å². The summed E-state index contributed by atoms with van der Waals surface area (Å²) in [7, 11) is -4.00. The first-order valence-electron chi connectivity index (χ1n) is 6.99. The predicted octanol–water partition coefficient (Wildman–Crippen LogP) is 2.32. The van der Waals surface area contributed by atoms with Crippen LogP contribution in [0.4, 0.5) is 0 Å². The molecule has 0 spiro atoms. The van der Waals surface area contributed by atoms with Crippen LogP contribution < -0.4 is 4.57 Å². The summed E-state index contributed by atoms with van der Waals surface area (Å²) in [4.78, 5) is 17.8. The van der Waals surface area contributed by atoms with Crippen LogP contribution in [0.15, 0.2) is 43.0 Å². The molecule has 2 rings (SSSR count). The molecule has 0 fully saturated rings. The van der Waals surface area contributed by atoms with E-state index in [1.165, 1.54) is 0 Å². The third-order valence-electron chi connectivity index (χ3n) is 2.84. The van der Waals surface area contributed by atoms with E-state index in [4.69, 9.17) is 9.05 Å². The second kappa shape index (κ2) is 8.10. The lowest BCUT2D eigenvalue weighted by Crippen LogP contribution is -2.33. The zero-order valence-electron chi connectivity index (χ0n) is 12.3. The maximum Gasteiger partial charge on any atom is 0.477 e. The Balaban J connectivity index is 1.90. The Kier molecular flexibility index (Phi) is 6.15. The van der Waals surface area contributed by atoms with Gasteiger partial charge in [0.05, 0.1) is 6.61 Å². The van der Waals surface area contributed by atoms with Crippen molar-refractivity contribution in [2.75, 3.05) is 6.61 Å². The monoisotopic (exact) mass is 324 g/mol. The molecule has 1 N–H and O–H groups in total. The minimum Gasteiger partial charge on any atom is -0.302 e. The number of rotatable bonds is 8. The zero-order valence-corrected chi connectivity index (χ0v) is 13.2. The molecule has 22 heavy (non-hydrogen) atoms. The number of unbranched alkanes of at least 4 members (excludes halogenated alkanes) is 1. The number of pyridine rings is 1. The zero-order chi connectivity index (χ0) is 15.8. The maximum absolute atomic E-state index is 11.6. The van der Waals surface area contributed by atoms with Gasteiger partial charge in [0, 0.05) is 30.1 Å². The number of hydrogen-bond acceptors (Lipinski definition) is 5. The first-order chi connectivity index (χ1) is 10.6. The van der Waals surface area contributed by atoms with Gasteiger partial charge < -0.3 is 4.89 Å². The molecule has 0 aliphatic carbocycles. The van der Waals surface area contributed by atoms with E-state index < -0.39 is 7.82 Å². The molecule has 118 valence electrons. The van der Waals surface area contributed by atoms with Gasteiger partial charge >= 0.3 is 7.82 Å². The van der Waals surface area contributed by atoms with E-state index in [0.29, 0.717) is 12.2 Å². The van der Waals surface area contributed by atoms with Crippen LogP contribution in [0.3, 0.4) is 0 Å². The fraction of sp³-hybridized carbons (Fsp3) is 0.357. The normalized spacial score (nSPS) is 13.7. The molecular formula is C14H19N3O4P+. The fourth-order valence-corrected chi connectivity index (χ4v) is 2.36. The Labute approximate surface area is 129 Å². The first-order valence-corrected chi connectivity index (χ1v) is 8.48. The standard InChI is InChI=1S/C14H18N3O4P/c1-2-3-11-20-22(18,19)21-12-17-9-5-13(6-10-17)14-15-7-4-8-16-14/h4-10H,2-3,11-12H2,1H3/p+1. The molecule has 2 aromatic rings. The van der Waals surface area contributed by atoms with Crippen LogP contribution in [-0.2, 0) is 20.3 Å². The molecule has 1 unspecified atom stereocenters. The molecule has 0 saturated carbocycles. The van der Waals surface area contributed by atoms with Crippen molar-refractivity contribution < 1.29 is 23.1 Å². The molecule has 7 nitrogen and oxygen atoms in total. The van der Waals surface area contributed by atoms with E-state index in [1.54, 1.807) is 47.6 Å². The van der Waals surface area contributed by atoms with E-state index in [0.717, 1.165) is 12.0 Å². The van der Waals surface area contributed by atoms with Gasteiger partial charge in [0.25, 0.3) is 6.73 Å². The smallest absolute Gasteiger partial charge is 0.302 e. The average Bonchev–Trinajstić information content (AvgIpc) is 2.55. The highest BCUT2D eigenvalue weighted by atomic mass is 31.2. The Morgan fingerprint density at radius 1 is 1.23 bits per heavy atom. The fourth-order valence-electron chi connectivity index (χ4n) is 1.64. The lowest BCUT2D eigenvalue weighted by molar-refractivity contribution is -0.725. The summed E-state index contributed by atoms with van der Waals surface area (Å²) in [5.74, 6) is 0.617. The molecule has 0 radical (unpaired) electrons. The van der Waals surface area contributed by atoms with E-state index in [9.17, 15) is 9.46 Å². The van der Waals surface area contributed by atoms with Crippen molar-refractivity contribution in [2.24, 2.45) is 0 Å². The van der Waals surface area contributed by atoms with Gasteiger partial charge in [-0.1, -0.05) is 13.3 Å². The van der Waals surface area contributed by atoms with Gasteiger partial charge in [0.15, 0.2) is 18.2 Å². The average molecular weight is 324 g/mol. The molecule has 0 aliphatic heterocycles. The van der Waals surface area contributed by atoms with Crippen LogP contribution >= 0.6 is 7.82 Å². The molecule has 2 heterocycles. The van der Waals surface area contributed by atoms with Crippen molar-refractivity contribution in [1.29, 1.82) is 0 Å². The maximum atomic E-state index is 11.6. The number of nitrogens with zero attached hydrogens (tertiary/aromatic N) is 3. The van der Waals surface area contributed by atoms with Gasteiger partial charge in [-0.3, -0.25) is 4.52 Å². The third kappa shape index (κ3) is 5.27. The molecule has 1 atom stereocenters. The van der Waals surface area contributed by atoms with Crippen molar-refractivity contribution in [1.82, 2.24) is 9.97 Å². The summed E-state index contributed by atoms with van der Waals surface area (Å²) in [6, 6.07) is 5.36. The number of phosphoric ester groups is 1. The van der Waals surface area contributed by atoms with Crippen LogP contribution in [0.2, 0.25) is 0 Å². The molecule has 0 aliphatic rings. The quantitative estimate of drug-likeness (QED) is 0.456. The first kappa shape index (κ1) is 16.7. The highest BCUT2D eigenvalue weighted by molar-refractivity contribution is 7.47. The Morgan fingerprint density at radius 3 is 2.55 bits per heavy atom. The van der Waals surface area contributed by atoms with Crippen molar-refractivity contribution in [2.45, 2.75) is 26.5 Å². The van der Waals surface area contributed by atoms with Crippen molar-refractivity contribution in [3.05, 3.63) is 43.0 Å². The van der Waals surface area contributed by atoms with Crippen molar-refractivity contribution in [3.63, 3.8) is 0 Å². The van der Waals surface area contributed by atoms with Gasteiger partial charge in [-0.2, -0.15) is 4.57 Å². The molecule has 0 aromatic carbocycles. The SMILES string of the molecule is CCCCOP(=O)(O)OC[n+]1ccc(-c2ncccn2)cc1. The third-order valence-corrected chi connectivity index (χ3v) is 3.79. The molecule has 0 saturated heterocycles. The lowest BCUT2D eigenvalue weighted by Gasteiger charge is -2.09. The highest BCUT2D eigenvalue weighted by Gasteiger charge is 2.22. The Bertz CT molecular complexity index is 622. The number of aromatic nitrogens is 3. The molecule has 0 bridgehead atoms. The van der Waals surface area contributed by atoms with E-state index >= 15 is 0 Å². The number of hydrogen-bond donors (Lipinski definition) is 1. The number of phosphoric acid groups is 1. The van der Waals surface area contributed by atoms with Crippen LogP contribution in [0.5, 0.6) is 0 Å². The predicted molar refractivity (Wildman–Crippen MR) is 79.4 cm³/mol. The van der Waals surface area contributed by atoms with Crippen molar-refractivity contribution >= 4 is 7.82 Å². The van der Waals surface area contributed by atoms with Crippen molar-refractivity contribution in [3.8, 4) is 11.4 Å². The summed E-state index contributed by atoms with van der Waals surface area (Å²) in [6.45, 7) is 2.11. The second-order valence-corrected chi connectivity index (χ2v) is 6.04. The van der Waals surface area contributed by atoms with Gasteiger partial charge in [-0.05, 0) is 12.5 Å². The minimum absolute atomic E-state index is 0.0736. The summed E-state index contributed by atoms with van der Waals surface area (Å²) in [6.07, 6.45) is 8.38. The molecule has 2 aromatic heterocycles. The van der Waals surface area contributed by atoms with E-state index in [-0.39, 0.29) is 13.3 Å². The Morgan fingerprint density at radius 2 is 1.91 bits per heavy atom. The van der Waals surface area contributed by atoms with E-state index in [1.807, 2.05) is 6.92 Å². The van der Waals surface area contributed by atoms with Gasteiger partial charge in [0.1, 0.15) is 0 Å². The van der Waals surface area contributed by atoms with Crippen LogP contribution in [-0.4, -0.2) is 21.5 Å². The summed E-state index contributed by atoms with van der Waals surface area (Å²) in [5, 5.41) is 0. The van der Waals surface area contributed by atoms with Crippen LogP contribution in [0.1, 0.15) is 19.8 Å². The Hall–Kier alpha value is -1.66. The molecular weight excluding hydrogens is 305 g/mol. The summed E-state index contributed by atoms with van der Waals surface area (Å²) >= 11 is 0. The van der Waals surface area contributed by atoms with Gasteiger partial charge in [-0.15, -0.1) is 0 Å². The lowest BCUT2D eigenvalue weighted by atomic mass is 10.2. The highest BCUT2D eigenvalue weighted by Crippen LogP contribution is 2.43. The van der Waals surface area contributed by atoms with Gasteiger partial charge in [-0.25, -0.2) is 19.1 Å².